The van der Waals surface area contributed by atoms with Crippen molar-refractivity contribution in [2.24, 2.45) is 0 Å². The lowest BCUT2D eigenvalue weighted by atomic mass is 10.1. The van der Waals surface area contributed by atoms with Gasteiger partial charge >= 0.3 is 5.97 Å². The summed E-state index contributed by atoms with van der Waals surface area (Å²) in [7, 11) is -2.64. The first-order valence-corrected chi connectivity index (χ1v) is 10.7. The molecule has 0 spiro atoms. The molecular weight excluding hydrogens is 437 g/mol. The van der Waals surface area contributed by atoms with Crippen LogP contribution in [0.3, 0.4) is 0 Å². The third-order valence-corrected chi connectivity index (χ3v) is 6.97. The van der Waals surface area contributed by atoms with Gasteiger partial charge in [0.25, 0.3) is 0 Å². The van der Waals surface area contributed by atoms with E-state index in [1.807, 2.05) is 0 Å². The molecule has 0 fully saturated rings. The number of methoxy groups -OCH3 is 1. The van der Waals surface area contributed by atoms with Crippen LogP contribution in [-0.2, 0) is 19.4 Å². The zero-order valence-corrected chi connectivity index (χ0v) is 18.2. The number of fused-ring (bicyclic) bond motifs is 1. The molecule has 9 heteroatoms. The van der Waals surface area contributed by atoms with Crippen LogP contribution in [0.4, 0.5) is 0 Å². The van der Waals surface area contributed by atoms with Crippen molar-refractivity contribution in [1.29, 1.82) is 0 Å². The summed E-state index contributed by atoms with van der Waals surface area (Å²) >= 11 is 12.2. The molecule has 6 nitrogen and oxygen atoms in total. The highest BCUT2D eigenvalue weighted by Gasteiger charge is 2.26. The summed E-state index contributed by atoms with van der Waals surface area (Å²) in [6.07, 6.45) is 0. The molecule has 3 rings (SSSR count). The molecule has 0 unspecified atom stereocenters. The monoisotopic (exact) mass is 453 g/mol. The Morgan fingerprint density at radius 3 is 2.34 bits per heavy atom. The number of aromatic nitrogens is 1. The molecule has 0 saturated carbocycles. The zero-order chi connectivity index (χ0) is 21.3. The first-order chi connectivity index (χ1) is 13.7. The summed E-state index contributed by atoms with van der Waals surface area (Å²) < 4.78 is 36.8. The molecule has 0 aliphatic rings. The third kappa shape index (κ3) is 4.03. The Hall–Kier alpha value is -2.35. The number of esters is 1. The third-order valence-electron chi connectivity index (χ3n) is 4.38. The van der Waals surface area contributed by atoms with Crippen LogP contribution in [0.5, 0.6) is 5.75 Å². The maximum Gasteiger partial charge on any atom is 0.343 e. The summed E-state index contributed by atoms with van der Waals surface area (Å²) in [5.74, 6) is -0.285. The molecule has 0 saturated heterocycles. The quantitative estimate of drug-likeness (QED) is 0.527. The highest BCUT2D eigenvalue weighted by molar-refractivity contribution is 7.91. The Bertz CT molecular complexity index is 1210. The molecule has 29 heavy (non-hydrogen) atoms. The van der Waals surface area contributed by atoms with E-state index in [1.54, 1.807) is 26.0 Å². The van der Waals surface area contributed by atoms with E-state index in [4.69, 9.17) is 27.9 Å². The molecule has 0 aliphatic heterocycles. The van der Waals surface area contributed by atoms with Crippen molar-refractivity contribution in [2.75, 3.05) is 13.7 Å². The van der Waals surface area contributed by atoms with Crippen LogP contribution in [0, 0.1) is 13.8 Å². The number of nitrogens with zero attached hydrogens (tertiary/aromatic N) is 1. The molecule has 0 radical (unpaired) electrons. The van der Waals surface area contributed by atoms with Crippen LogP contribution in [0.25, 0.3) is 10.9 Å². The summed E-state index contributed by atoms with van der Waals surface area (Å²) in [5.41, 5.74) is 1.11. The van der Waals surface area contributed by atoms with Crippen LogP contribution in [-0.4, -0.2) is 33.1 Å². The molecule has 0 N–H and O–H groups in total. The fraction of sp³-hybridized carbons (Fsp3) is 0.200. The van der Waals surface area contributed by atoms with Gasteiger partial charge in [-0.05, 0) is 55.8 Å². The summed E-state index contributed by atoms with van der Waals surface area (Å²) in [5, 5.41) is 1.19. The molecule has 1 heterocycles. The fourth-order valence-corrected chi connectivity index (χ4v) is 5.06. The number of carbonyl (C=O) groups is 1. The van der Waals surface area contributed by atoms with Crippen molar-refractivity contribution < 1.29 is 22.7 Å². The van der Waals surface area contributed by atoms with Gasteiger partial charge in [0.05, 0.1) is 33.1 Å². The summed E-state index contributed by atoms with van der Waals surface area (Å²) in [6.45, 7) is 2.93. The Balaban J connectivity index is 2.26. The molecule has 2 aromatic carbocycles. The molecule has 0 aliphatic carbocycles. The highest BCUT2D eigenvalue weighted by atomic mass is 35.5. The number of rotatable bonds is 5. The van der Waals surface area contributed by atoms with Crippen molar-refractivity contribution in [3.63, 3.8) is 0 Å². The lowest BCUT2D eigenvalue weighted by Gasteiger charge is -2.16. The minimum atomic E-state index is -3.89. The van der Waals surface area contributed by atoms with Crippen LogP contribution in [0.2, 0.25) is 10.0 Å². The topological polar surface area (TPSA) is 82.6 Å². The van der Waals surface area contributed by atoms with Gasteiger partial charge in [0, 0.05) is 10.4 Å². The van der Waals surface area contributed by atoms with Gasteiger partial charge in [-0.15, -0.1) is 0 Å². The number of halogens is 2. The average molecular weight is 454 g/mol. The number of sulfone groups is 1. The average Bonchev–Trinajstić information content (AvgIpc) is 2.67. The van der Waals surface area contributed by atoms with Crippen molar-refractivity contribution >= 4 is 49.9 Å². The van der Waals surface area contributed by atoms with E-state index < -0.39 is 15.8 Å². The number of hydrogen-bond acceptors (Lipinski definition) is 6. The second kappa shape index (κ2) is 8.18. The van der Waals surface area contributed by atoms with Crippen LogP contribution in [0.15, 0.2) is 46.2 Å². The van der Waals surface area contributed by atoms with Crippen molar-refractivity contribution in [1.82, 2.24) is 4.98 Å². The molecule has 152 valence electrons. The van der Waals surface area contributed by atoms with E-state index in [0.29, 0.717) is 32.2 Å². The predicted octanol–water partition coefficient (Wildman–Crippen LogP) is 4.54. The number of benzene rings is 2. The van der Waals surface area contributed by atoms with Crippen LogP contribution >= 0.6 is 23.2 Å². The molecule has 3 aromatic rings. The number of pyridine rings is 1. The largest absolute Gasteiger partial charge is 0.481 e. The lowest BCUT2D eigenvalue weighted by molar-refractivity contribution is -0.142. The van der Waals surface area contributed by atoms with Gasteiger partial charge in [0.1, 0.15) is 5.75 Å². The molecule has 0 bridgehead atoms. The maximum atomic E-state index is 13.3. The normalized spacial score (nSPS) is 11.5. The molecule has 1 aromatic heterocycles. The van der Waals surface area contributed by atoms with E-state index in [0.717, 1.165) is 0 Å². The number of aryl methyl sites for hydroxylation is 2. The van der Waals surface area contributed by atoms with Gasteiger partial charge < -0.3 is 9.47 Å². The van der Waals surface area contributed by atoms with Gasteiger partial charge in [0.2, 0.25) is 9.84 Å². The summed E-state index contributed by atoms with van der Waals surface area (Å²) in [4.78, 5) is 16.0. The zero-order valence-electron chi connectivity index (χ0n) is 15.8. The Morgan fingerprint density at radius 1 is 1.07 bits per heavy atom. The van der Waals surface area contributed by atoms with E-state index in [9.17, 15) is 13.2 Å². The number of hydrogen-bond donors (Lipinski definition) is 0. The van der Waals surface area contributed by atoms with Crippen molar-refractivity contribution in [3.05, 3.63) is 57.7 Å². The number of ether oxygens (including phenoxy) is 2. The van der Waals surface area contributed by atoms with Crippen LogP contribution < -0.4 is 4.74 Å². The lowest BCUT2D eigenvalue weighted by Crippen LogP contribution is -2.13. The van der Waals surface area contributed by atoms with Gasteiger partial charge in [-0.3, -0.25) is 4.98 Å². The molecular formula is C20H17Cl2NO5S. The minimum Gasteiger partial charge on any atom is -0.481 e. The van der Waals surface area contributed by atoms with Gasteiger partial charge in [-0.2, -0.15) is 0 Å². The SMILES string of the molecule is COC(=O)COc1ccc(Cl)c2nc(C)c(S(=O)(=O)c3ccc(Cl)cc3)c(C)c12. The Kier molecular flexibility index (Phi) is 6.03. The van der Waals surface area contributed by atoms with E-state index in [1.165, 1.54) is 31.4 Å². The fourth-order valence-electron chi connectivity index (χ4n) is 3.07. The molecule has 0 amide bonds. The Morgan fingerprint density at radius 2 is 1.72 bits per heavy atom. The van der Waals surface area contributed by atoms with E-state index >= 15 is 0 Å². The van der Waals surface area contributed by atoms with Gasteiger partial charge in [0.15, 0.2) is 6.61 Å². The minimum absolute atomic E-state index is 0.0532. The van der Waals surface area contributed by atoms with Crippen molar-refractivity contribution in [2.45, 2.75) is 23.6 Å². The smallest absolute Gasteiger partial charge is 0.343 e. The first kappa shape index (κ1) is 21.4. The summed E-state index contributed by atoms with van der Waals surface area (Å²) in [6, 6.07) is 9.04. The van der Waals surface area contributed by atoms with Gasteiger partial charge in [-0.1, -0.05) is 23.2 Å². The molecule has 0 atom stereocenters. The van der Waals surface area contributed by atoms with Crippen LogP contribution in [0.1, 0.15) is 11.3 Å². The second-order valence-corrected chi connectivity index (χ2v) is 8.97. The Labute approximate surface area is 178 Å². The second-order valence-electron chi connectivity index (χ2n) is 6.24. The van der Waals surface area contributed by atoms with Crippen molar-refractivity contribution in [3.8, 4) is 5.75 Å². The predicted molar refractivity (Wildman–Crippen MR) is 111 cm³/mol. The maximum absolute atomic E-state index is 13.3. The number of carbonyl (C=O) groups excluding carboxylic acids is 1. The van der Waals surface area contributed by atoms with E-state index in [2.05, 4.69) is 9.72 Å². The highest BCUT2D eigenvalue weighted by Crippen LogP contribution is 2.38. The first-order valence-electron chi connectivity index (χ1n) is 8.46. The standard InChI is InChI=1S/C20H17Cl2NO5S/c1-11-18-16(28-10-17(24)27-3)9-8-15(22)19(18)23-12(2)20(11)29(25,26)14-6-4-13(21)5-7-14/h4-9H,10H2,1-3H3. The van der Waals surface area contributed by atoms with E-state index in [-0.39, 0.29) is 22.1 Å². The van der Waals surface area contributed by atoms with Gasteiger partial charge in [-0.25, -0.2) is 13.2 Å².